The Balaban J connectivity index is 2.40. The maximum atomic E-state index is 12.5. The van der Waals surface area contributed by atoms with E-state index < -0.39 is 17.7 Å². The summed E-state index contributed by atoms with van der Waals surface area (Å²) in [6.45, 7) is 0. The van der Waals surface area contributed by atoms with Crippen LogP contribution in [0.2, 0.25) is 0 Å². The monoisotopic (exact) mass is 258 g/mol. The van der Waals surface area contributed by atoms with E-state index in [9.17, 15) is 18.0 Å². The van der Waals surface area contributed by atoms with Crippen molar-refractivity contribution < 1.29 is 27.5 Å². The van der Waals surface area contributed by atoms with Gasteiger partial charge in [-0.2, -0.15) is 13.2 Å². The summed E-state index contributed by atoms with van der Waals surface area (Å²) >= 11 is 0. The van der Waals surface area contributed by atoms with Crippen LogP contribution in [0.4, 0.5) is 13.2 Å². The largest absolute Gasteiger partial charge is 0.481 e. The van der Waals surface area contributed by atoms with Gasteiger partial charge in [0.05, 0.1) is 11.8 Å². The SMILES string of the molecule is O=C(O)CCc1coc2ccc(C(F)(F)F)cc12. The first-order valence-electron chi connectivity index (χ1n) is 5.17. The number of aryl methyl sites for hydroxylation is 1. The topological polar surface area (TPSA) is 50.4 Å². The third kappa shape index (κ3) is 2.47. The molecule has 2 aromatic rings. The lowest BCUT2D eigenvalue weighted by Crippen LogP contribution is -2.04. The fraction of sp³-hybridized carbons (Fsp3) is 0.250. The van der Waals surface area contributed by atoms with Gasteiger partial charge in [0.1, 0.15) is 5.58 Å². The maximum Gasteiger partial charge on any atom is 0.416 e. The molecule has 0 radical (unpaired) electrons. The van der Waals surface area contributed by atoms with E-state index in [2.05, 4.69) is 0 Å². The fourth-order valence-electron chi connectivity index (χ4n) is 1.69. The first-order valence-corrected chi connectivity index (χ1v) is 5.17. The highest BCUT2D eigenvalue weighted by atomic mass is 19.4. The number of benzene rings is 1. The minimum Gasteiger partial charge on any atom is -0.481 e. The second kappa shape index (κ2) is 4.36. The average Bonchev–Trinajstić information content (AvgIpc) is 2.67. The number of rotatable bonds is 3. The number of carbonyl (C=O) groups is 1. The van der Waals surface area contributed by atoms with Crippen LogP contribution in [0.15, 0.2) is 28.9 Å². The summed E-state index contributed by atoms with van der Waals surface area (Å²) in [6.07, 6.45) is -3.13. The third-order valence-corrected chi connectivity index (χ3v) is 2.59. The highest BCUT2D eigenvalue weighted by molar-refractivity contribution is 5.82. The lowest BCUT2D eigenvalue weighted by Gasteiger charge is -2.06. The minimum absolute atomic E-state index is 0.143. The van der Waals surface area contributed by atoms with Crippen LogP contribution in [0.1, 0.15) is 17.5 Å². The first kappa shape index (κ1) is 12.5. The van der Waals surface area contributed by atoms with Gasteiger partial charge >= 0.3 is 12.1 Å². The Morgan fingerprint density at radius 1 is 1.33 bits per heavy atom. The van der Waals surface area contributed by atoms with Gasteiger partial charge in [0.25, 0.3) is 0 Å². The summed E-state index contributed by atoms with van der Waals surface area (Å²) < 4.78 is 42.7. The van der Waals surface area contributed by atoms with Crippen molar-refractivity contribution >= 4 is 16.9 Å². The molecule has 18 heavy (non-hydrogen) atoms. The van der Waals surface area contributed by atoms with Crippen LogP contribution in [0.3, 0.4) is 0 Å². The second-order valence-electron chi connectivity index (χ2n) is 3.86. The molecule has 0 fully saturated rings. The molecule has 0 aliphatic carbocycles. The molecular weight excluding hydrogens is 249 g/mol. The number of alkyl halides is 3. The molecule has 0 saturated heterocycles. The zero-order valence-electron chi connectivity index (χ0n) is 9.12. The number of furan rings is 1. The molecular formula is C12H9F3O3. The summed E-state index contributed by atoms with van der Waals surface area (Å²) in [7, 11) is 0. The molecule has 0 saturated carbocycles. The molecule has 6 heteroatoms. The highest BCUT2D eigenvalue weighted by Crippen LogP contribution is 2.33. The Morgan fingerprint density at radius 3 is 2.67 bits per heavy atom. The number of halogens is 3. The van der Waals surface area contributed by atoms with Gasteiger partial charge in [-0.25, -0.2) is 0 Å². The Hall–Kier alpha value is -1.98. The number of hydrogen-bond donors (Lipinski definition) is 1. The van der Waals surface area contributed by atoms with E-state index in [1.165, 1.54) is 12.3 Å². The number of aliphatic carboxylic acids is 1. The van der Waals surface area contributed by atoms with E-state index >= 15 is 0 Å². The van der Waals surface area contributed by atoms with Crippen LogP contribution >= 0.6 is 0 Å². The molecule has 1 aromatic heterocycles. The molecule has 0 aliphatic heterocycles. The lowest BCUT2D eigenvalue weighted by molar-refractivity contribution is -0.138. The minimum atomic E-state index is -4.42. The Morgan fingerprint density at radius 2 is 2.06 bits per heavy atom. The van der Waals surface area contributed by atoms with Gasteiger partial charge < -0.3 is 9.52 Å². The zero-order chi connectivity index (χ0) is 13.3. The van der Waals surface area contributed by atoms with E-state index in [4.69, 9.17) is 9.52 Å². The third-order valence-electron chi connectivity index (χ3n) is 2.59. The number of hydrogen-bond acceptors (Lipinski definition) is 2. The fourth-order valence-corrected chi connectivity index (χ4v) is 1.69. The van der Waals surface area contributed by atoms with Crippen molar-refractivity contribution in [1.29, 1.82) is 0 Å². The molecule has 3 nitrogen and oxygen atoms in total. The van der Waals surface area contributed by atoms with E-state index in [1.807, 2.05) is 0 Å². The van der Waals surface area contributed by atoms with Crippen molar-refractivity contribution in [3.05, 3.63) is 35.6 Å². The van der Waals surface area contributed by atoms with Crippen LogP contribution in [-0.4, -0.2) is 11.1 Å². The van der Waals surface area contributed by atoms with Crippen LogP contribution in [0.25, 0.3) is 11.0 Å². The van der Waals surface area contributed by atoms with Crippen molar-refractivity contribution in [3.63, 3.8) is 0 Å². The highest BCUT2D eigenvalue weighted by Gasteiger charge is 2.30. The average molecular weight is 258 g/mol. The van der Waals surface area contributed by atoms with Gasteiger partial charge in [-0.15, -0.1) is 0 Å². The number of carboxylic acids is 1. The van der Waals surface area contributed by atoms with Gasteiger partial charge in [-0.1, -0.05) is 0 Å². The summed E-state index contributed by atoms with van der Waals surface area (Å²) in [4.78, 5) is 10.4. The predicted molar refractivity (Wildman–Crippen MR) is 57.2 cm³/mol. The number of fused-ring (bicyclic) bond motifs is 1. The molecule has 1 N–H and O–H groups in total. The van der Waals surface area contributed by atoms with Gasteiger partial charge in [0, 0.05) is 11.8 Å². The van der Waals surface area contributed by atoms with E-state index in [-0.39, 0.29) is 12.8 Å². The van der Waals surface area contributed by atoms with Crippen molar-refractivity contribution in [2.24, 2.45) is 0 Å². The van der Waals surface area contributed by atoms with Crippen molar-refractivity contribution in [2.75, 3.05) is 0 Å². The zero-order valence-corrected chi connectivity index (χ0v) is 9.12. The Labute approximate surface area is 99.8 Å². The molecule has 1 heterocycles. The maximum absolute atomic E-state index is 12.5. The molecule has 0 unspecified atom stereocenters. The molecule has 1 aromatic carbocycles. The molecule has 0 spiro atoms. The second-order valence-corrected chi connectivity index (χ2v) is 3.86. The summed E-state index contributed by atoms with van der Waals surface area (Å²) in [5.41, 5.74) is 0.0230. The molecule has 0 amide bonds. The van der Waals surface area contributed by atoms with Crippen molar-refractivity contribution in [2.45, 2.75) is 19.0 Å². The van der Waals surface area contributed by atoms with Gasteiger partial charge in [0.15, 0.2) is 0 Å². The van der Waals surface area contributed by atoms with Gasteiger partial charge in [-0.3, -0.25) is 4.79 Å². The molecule has 0 bridgehead atoms. The Kier molecular flexibility index (Phi) is 3.02. The van der Waals surface area contributed by atoms with E-state index in [0.717, 1.165) is 12.1 Å². The predicted octanol–water partition coefficient (Wildman–Crippen LogP) is 3.47. The van der Waals surface area contributed by atoms with Crippen LogP contribution in [0, 0.1) is 0 Å². The molecule has 96 valence electrons. The summed E-state index contributed by atoms with van der Waals surface area (Å²) in [5.74, 6) is -1.00. The summed E-state index contributed by atoms with van der Waals surface area (Å²) in [6, 6.07) is 3.16. The van der Waals surface area contributed by atoms with Crippen LogP contribution < -0.4 is 0 Å². The van der Waals surface area contributed by atoms with Crippen molar-refractivity contribution in [3.8, 4) is 0 Å². The van der Waals surface area contributed by atoms with E-state index in [0.29, 0.717) is 16.5 Å². The molecule has 0 aliphatic rings. The standard InChI is InChI=1S/C12H9F3O3/c13-12(14,15)8-2-3-10-9(5-8)7(6-18-10)1-4-11(16)17/h2-3,5-6H,1,4H2,(H,16,17). The van der Waals surface area contributed by atoms with E-state index in [1.54, 1.807) is 0 Å². The van der Waals surface area contributed by atoms with Crippen molar-refractivity contribution in [1.82, 2.24) is 0 Å². The van der Waals surface area contributed by atoms with Crippen LogP contribution in [-0.2, 0) is 17.4 Å². The molecule has 0 atom stereocenters. The number of carboxylic acid groups (broad SMARTS) is 1. The summed E-state index contributed by atoms with van der Waals surface area (Å²) in [5, 5.41) is 8.87. The Bertz CT molecular complexity index is 584. The lowest BCUT2D eigenvalue weighted by atomic mass is 10.1. The van der Waals surface area contributed by atoms with Gasteiger partial charge in [0.2, 0.25) is 0 Å². The smallest absolute Gasteiger partial charge is 0.416 e. The van der Waals surface area contributed by atoms with Gasteiger partial charge in [-0.05, 0) is 30.2 Å². The quantitative estimate of drug-likeness (QED) is 0.917. The normalized spacial score (nSPS) is 11.9. The van der Waals surface area contributed by atoms with Crippen LogP contribution in [0.5, 0.6) is 0 Å². The first-order chi connectivity index (χ1) is 8.38. The molecule has 2 rings (SSSR count).